The van der Waals surface area contributed by atoms with Crippen LogP contribution in [0.1, 0.15) is 20.3 Å². The lowest BCUT2D eigenvalue weighted by Gasteiger charge is -2.09. The van der Waals surface area contributed by atoms with Gasteiger partial charge in [0.2, 0.25) is 6.08 Å². The van der Waals surface area contributed by atoms with E-state index in [9.17, 15) is 4.79 Å². The van der Waals surface area contributed by atoms with Crippen LogP contribution in [0.2, 0.25) is 0 Å². The van der Waals surface area contributed by atoms with Gasteiger partial charge in [-0.1, -0.05) is 6.92 Å². The molecule has 2 nitrogen and oxygen atoms in total. The molecule has 10 heavy (non-hydrogen) atoms. The van der Waals surface area contributed by atoms with Crippen LogP contribution >= 0.6 is 0 Å². The number of carbonyl (C=O) groups excluding carboxylic acids is 1. The molecule has 2 heteroatoms. The van der Waals surface area contributed by atoms with Gasteiger partial charge in [0, 0.05) is 5.92 Å². The fourth-order valence-corrected chi connectivity index (χ4v) is 0.771. The van der Waals surface area contributed by atoms with E-state index in [1.165, 1.54) is 6.08 Å². The van der Waals surface area contributed by atoms with E-state index >= 15 is 0 Å². The largest absolute Gasteiger partial charge is 0.235 e. The molecule has 0 aliphatic heterocycles. The molecule has 0 saturated heterocycles. The van der Waals surface area contributed by atoms with Crippen LogP contribution in [-0.2, 0) is 4.79 Å². The van der Waals surface area contributed by atoms with Crippen molar-refractivity contribution in [2.24, 2.45) is 10.9 Å². The average molecular weight is 137 g/mol. The van der Waals surface area contributed by atoms with Crippen LogP contribution in [-0.4, -0.2) is 12.1 Å². The first-order chi connectivity index (χ1) is 4.76. The maximum Gasteiger partial charge on any atom is 0.235 e. The third-order valence-corrected chi connectivity index (χ3v) is 1.49. The first-order valence-corrected chi connectivity index (χ1v) is 3.29. The maximum absolute atomic E-state index is 9.79. The summed E-state index contributed by atoms with van der Waals surface area (Å²) in [7, 11) is 0. The molecule has 0 aliphatic rings. The van der Waals surface area contributed by atoms with E-state index in [2.05, 4.69) is 10.9 Å². The monoisotopic (exact) mass is 137 g/mol. The van der Waals surface area contributed by atoms with E-state index in [1.54, 1.807) is 0 Å². The van der Waals surface area contributed by atoms with Crippen molar-refractivity contribution in [2.75, 3.05) is 0 Å². The highest BCUT2D eigenvalue weighted by Gasteiger charge is 2.09. The molecule has 2 atom stereocenters. The van der Waals surface area contributed by atoms with Gasteiger partial charge in [-0.2, -0.15) is 0 Å². The molecule has 0 N–H and O–H groups in total. The van der Waals surface area contributed by atoms with Gasteiger partial charge < -0.3 is 0 Å². The summed E-state index contributed by atoms with van der Waals surface area (Å²) >= 11 is 0. The van der Waals surface area contributed by atoms with Gasteiger partial charge in [-0.25, -0.2) is 9.79 Å². The fourth-order valence-electron chi connectivity index (χ4n) is 0.771. The Morgan fingerprint density at radius 2 is 2.30 bits per heavy atom. The zero-order chi connectivity index (χ0) is 7.98. The van der Waals surface area contributed by atoms with Gasteiger partial charge in [0.15, 0.2) is 0 Å². The van der Waals surface area contributed by atoms with Gasteiger partial charge in [0.25, 0.3) is 0 Å². The van der Waals surface area contributed by atoms with Crippen LogP contribution in [0, 0.1) is 18.3 Å². The summed E-state index contributed by atoms with van der Waals surface area (Å²) in [5, 5.41) is 0. The number of nitrogens with zero attached hydrogens (tertiary/aromatic N) is 1. The zero-order valence-electron chi connectivity index (χ0n) is 6.29. The predicted octanol–water partition coefficient (Wildman–Crippen LogP) is 1.37. The first kappa shape index (κ1) is 8.94. The summed E-state index contributed by atoms with van der Waals surface area (Å²) in [5.74, 6) is 2.63. The Kier molecular flexibility index (Phi) is 4.28. The van der Waals surface area contributed by atoms with Crippen molar-refractivity contribution in [1.29, 1.82) is 0 Å². The van der Waals surface area contributed by atoms with Crippen LogP contribution in [0.4, 0.5) is 0 Å². The number of terminal acetylenes is 1. The molecule has 0 aliphatic carbocycles. The van der Waals surface area contributed by atoms with Gasteiger partial charge in [-0.15, -0.1) is 12.3 Å². The van der Waals surface area contributed by atoms with Gasteiger partial charge >= 0.3 is 0 Å². The molecule has 0 unspecified atom stereocenters. The van der Waals surface area contributed by atoms with Crippen LogP contribution in [0.3, 0.4) is 0 Å². The molecule has 0 amide bonds. The molecule has 0 radical (unpaired) electrons. The molecular weight excluding hydrogens is 126 g/mol. The number of rotatable bonds is 3. The third-order valence-electron chi connectivity index (χ3n) is 1.49. The number of isocyanates is 1. The quantitative estimate of drug-likeness (QED) is 0.328. The highest BCUT2D eigenvalue weighted by atomic mass is 16.1. The number of aliphatic imine (C=N–C) groups is 1. The van der Waals surface area contributed by atoms with E-state index in [1.807, 2.05) is 13.8 Å². The second-order valence-electron chi connectivity index (χ2n) is 2.14. The van der Waals surface area contributed by atoms with Crippen molar-refractivity contribution in [3.63, 3.8) is 0 Å². The highest BCUT2D eigenvalue weighted by molar-refractivity contribution is 5.33. The second-order valence-corrected chi connectivity index (χ2v) is 2.14. The Hall–Kier alpha value is -1.06. The van der Waals surface area contributed by atoms with E-state index in [0.29, 0.717) is 0 Å². The Bertz CT molecular complexity index is 174. The molecule has 0 aromatic rings. The maximum atomic E-state index is 9.79. The van der Waals surface area contributed by atoms with Crippen LogP contribution < -0.4 is 0 Å². The average Bonchev–Trinajstić information content (AvgIpc) is 1.91. The van der Waals surface area contributed by atoms with Crippen molar-refractivity contribution in [1.82, 2.24) is 0 Å². The normalized spacial score (nSPS) is 14.5. The van der Waals surface area contributed by atoms with Gasteiger partial charge in [0.05, 0.1) is 6.04 Å². The van der Waals surface area contributed by atoms with Crippen LogP contribution in [0.25, 0.3) is 0 Å². The van der Waals surface area contributed by atoms with E-state index in [4.69, 9.17) is 6.42 Å². The molecule has 0 bridgehead atoms. The Morgan fingerprint density at radius 3 is 2.60 bits per heavy atom. The Balaban J connectivity index is 4.04. The van der Waals surface area contributed by atoms with E-state index in [0.717, 1.165) is 6.42 Å². The molecule has 54 valence electrons. The minimum absolute atomic E-state index is 0.0708. The highest BCUT2D eigenvalue weighted by Crippen LogP contribution is 2.09. The zero-order valence-corrected chi connectivity index (χ0v) is 6.29. The van der Waals surface area contributed by atoms with Crippen molar-refractivity contribution in [3.05, 3.63) is 0 Å². The van der Waals surface area contributed by atoms with E-state index < -0.39 is 0 Å². The standard InChI is InChI=1S/C8H11NO/c1-4-8(5-2)7(3)9-6-10/h1,7-8H,5H2,2-3H3/t7-,8-/m1/s1. The number of hydrogen-bond donors (Lipinski definition) is 0. The summed E-state index contributed by atoms with van der Waals surface area (Å²) in [5.41, 5.74) is 0. The summed E-state index contributed by atoms with van der Waals surface area (Å²) in [6, 6.07) is -0.0903. The summed E-state index contributed by atoms with van der Waals surface area (Å²) < 4.78 is 0. The predicted molar refractivity (Wildman–Crippen MR) is 40.2 cm³/mol. The lowest BCUT2D eigenvalue weighted by molar-refractivity contribution is 0.520. The molecule has 0 aromatic heterocycles. The SMILES string of the molecule is C#C[C@H](CC)[C@@H](C)N=C=O. The smallest absolute Gasteiger partial charge is 0.211 e. The summed E-state index contributed by atoms with van der Waals surface area (Å²) in [6.07, 6.45) is 7.52. The van der Waals surface area contributed by atoms with E-state index in [-0.39, 0.29) is 12.0 Å². The number of hydrogen-bond acceptors (Lipinski definition) is 2. The molecule has 0 heterocycles. The van der Waals surface area contributed by atoms with Gasteiger partial charge in [-0.05, 0) is 13.3 Å². The lowest BCUT2D eigenvalue weighted by atomic mass is 10.0. The summed E-state index contributed by atoms with van der Waals surface area (Å²) in [4.78, 5) is 13.3. The van der Waals surface area contributed by atoms with Crippen molar-refractivity contribution in [2.45, 2.75) is 26.3 Å². The lowest BCUT2D eigenvalue weighted by Crippen LogP contribution is -2.11. The Labute approximate surface area is 61.3 Å². The van der Waals surface area contributed by atoms with Crippen LogP contribution in [0.15, 0.2) is 4.99 Å². The van der Waals surface area contributed by atoms with Crippen molar-refractivity contribution < 1.29 is 4.79 Å². The summed E-state index contributed by atoms with van der Waals surface area (Å²) in [6.45, 7) is 3.79. The molecule has 0 aromatic carbocycles. The fraction of sp³-hybridized carbons (Fsp3) is 0.625. The molecule has 0 fully saturated rings. The van der Waals surface area contributed by atoms with Crippen LogP contribution in [0.5, 0.6) is 0 Å². The minimum Gasteiger partial charge on any atom is -0.211 e. The minimum atomic E-state index is -0.0903. The molecule has 0 saturated carbocycles. The second kappa shape index (κ2) is 4.78. The first-order valence-electron chi connectivity index (χ1n) is 3.29. The third kappa shape index (κ3) is 2.48. The van der Waals surface area contributed by atoms with Crippen molar-refractivity contribution in [3.8, 4) is 12.3 Å². The molecule has 0 spiro atoms. The van der Waals surface area contributed by atoms with Crippen molar-refractivity contribution >= 4 is 6.08 Å². The Morgan fingerprint density at radius 1 is 1.70 bits per heavy atom. The van der Waals surface area contributed by atoms with Gasteiger partial charge in [-0.3, -0.25) is 0 Å². The molecule has 0 rings (SSSR count). The van der Waals surface area contributed by atoms with Gasteiger partial charge in [0.1, 0.15) is 0 Å². The molecular formula is C8H11NO. The topological polar surface area (TPSA) is 29.4 Å².